The Bertz CT molecular complexity index is 917. The number of hydrogen-bond acceptors (Lipinski definition) is 3. The Morgan fingerprint density at radius 2 is 1.43 bits per heavy atom. The fraction of sp³-hybridized carbons (Fsp3) is 0.400. The number of fused-ring (bicyclic) bond motifs is 1. The first-order chi connectivity index (χ1) is 13.9. The minimum Gasteiger partial charge on any atom is -0.354 e. The van der Waals surface area contributed by atoms with Gasteiger partial charge in [0.2, 0.25) is 0 Å². The largest absolute Gasteiger partial charge is 0.354 e. The number of nitrogens with zero attached hydrogens (tertiary/aromatic N) is 3. The van der Waals surface area contributed by atoms with Crippen LogP contribution in [-0.2, 0) is 5.54 Å². The predicted molar refractivity (Wildman–Crippen MR) is 117 cm³/mol. The Kier molecular flexibility index (Phi) is 4.77. The SMILES string of the molecule is c1ccc(C2(N3CCN(c4nccc5ccccc45)CC3)CCCCC2)cc1. The van der Waals surface area contributed by atoms with Gasteiger partial charge in [-0.25, -0.2) is 4.98 Å². The Labute approximate surface area is 168 Å². The molecule has 1 aliphatic carbocycles. The van der Waals surface area contributed by atoms with Crippen LogP contribution in [0.5, 0.6) is 0 Å². The van der Waals surface area contributed by atoms with Gasteiger partial charge in [-0.05, 0) is 29.9 Å². The smallest absolute Gasteiger partial charge is 0.136 e. The second kappa shape index (κ2) is 7.56. The maximum Gasteiger partial charge on any atom is 0.136 e. The molecule has 1 saturated heterocycles. The molecule has 0 bridgehead atoms. The zero-order valence-electron chi connectivity index (χ0n) is 16.6. The van der Waals surface area contributed by atoms with Crippen molar-refractivity contribution in [2.45, 2.75) is 37.6 Å². The topological polar surface area (TPSA) is 19.4 Å². The van der Waals surface area contributed by atoms with Crippen LogP contribution in [0, 0.1) is 0 Å². The van der Waals surface area contributed by atoms with Crippen molar-refractivity contribution in [2.24, 2.45) is 0 Å². The molecule has 0 N–H and O–H groups in total. The Morgan fingerprint density at radius 1 is 0.714 bits per heavy atom. The number of hydrogen-bond donors (Lipinski definition) is 0. The van der Waals surface area contributed by atoms with Crippen LogP contribution in [-0.4, -0.2) is 36.1 Å². The number of anilines is 1. The molecule has 144 valence electrons. The van der Waals surface area contributed by atoms with Crippen molar-refractivity contribution in [2.75, 3.05) is 31.1 Å². The third-order valence-electron chi connectivity index (χ3n) is 6.83. The van der Waals surface area contributed by atoms with E-state index in [0.29, 0.717) is 0 Å². The zero-order chi connectivity index (χ0) is 18.8. The highest BCUT2D eigenvalue weighted by atomic mass is 15.3. The second-order valence-electron chi connectivity index (χ2n) is 8.29. The van der Waals surface area contributed by atoms with Crippen molar-refractivity contribution in [3.63, 3.8) is 0 Å². The van der Waals surface area contributed by atoms with Crippen molar-refractivity contribution in [1.29, 1.82) is 0 Å². The lowest BCUT2D eigenvalue weighted by atomic mass is 9.75. The summed E-state index contributed by atoms with van der Waals surface area (Å²) in [6.45, 7) is 4.32. The van der Waals surface area contributed by atoms with Crippen molar-refractivity contribution < 1.29 is 0 Å². The van der Waals surface area contributed by atoms with Crippen LogP contribution in [0.3, 0.4) is 0 Å². The third kappa shape index (κ3) is 3.08. The van der Waals surface area contributed by atoms with Gasteiger partial charge in [0.15, 0.2) is 0 Å². The maximum absolute atomic E-state index is 4.75. The lowest BCUT2D eigenvalue weighted by Crippen LogP contribution is -2.56. The Morgan fingerprint density at radius 3 is 2.21 bits per heavy atom. The minimum atomic E-state index is 0.234. The first-order valence-corrected chi connectivity index (χ1v) is 10.8. The summed E-state index contributed by atoms with van der Waals surface area (Å²) in [5.74, 6) is 1.15. The summed E-state index contributed by atoms with van der Waals surface area (Å²) in [5, 5.41) is 2.55. The highest BCUT2D eigenvalue weighted by Crippen LogP contribution is 2.43. The van der Waals surface area contributed by atoms with Crippen LogP contribution in [0.2, 0.25) is 0 Å². The van der Waals surface area contributed by atoms with Gasteiger partial charge in [0.05, 0.1) is 0 Å². The molecule has 1 aromatic heterocycles. The molecule has 3 heteroatoms. The molecule has 5 rings (SSSR count). The summed E-state index contributed by atoms with van der Waals surface area (Å²) in [6, 6.07) is 22.0. The number of piperazine rings is 1. The fourth-order valence-electron chi connectivity index (χ4n) is 5.37. The van der Waals surface area contributed by atoms with Crippen LogP contribution < -0.4 is 4.90 Å². The molecule has 0 atom stereocenters. The molecule has 2 aromatic carbocycles. The Balaban J connectivity index is 1.40. The molecular formula is C25H29N3. The van der Waals surface area contributed by atoms with E-state index in [1.165, 1.54) is 48.4 Å². The van der Waals surface area contributed by atoms with Crippen LogP contribution >= 0.6 is 0 Å². The molecule has 2 heterocycles. The molecule has 2 fully saturated rings. The normalized spacial score (nSPS) is 20.4. The van der Waals surface area contributed by atoms with Gasteiger partial charge in [0.25, 0.3) is 0 Å². The van der Waals surface area contributed by atoms with E-state index >= 15 is 0 Å². The minimum absolute atomic E-state index is 0.234. The van der Waals surface area contributed by atoms with E-state index in [1.807, 2.05) is 6.20 Å². The number of aromatic nitrogens is 1. The maximum atomic E-state index is 4.75. The number of pyridine rings is 1. The van der Waals surface area contributed by atoms with E-state index < -0.39 is 0 Å². The van der Waals surface area contributed by atoms with Gasteiger partial charge in [-0.15, -0.1) is 0 Å². The van der Waals surface area contributed by atoms with Gasteiger partial charge < -0.3 is 4.90 Å². The summed E-state index contributed by atoms with van der Waals surface area (Å²) in [6.07, 6.45) is 8.62. The molecule has 1 aliphatic heterocycles. The molecule has 3 nitrogen and oxygen atoms in total. The summed E-state index contributed by atoms with van der Waals surface area (Å²) in [5.41, 5.74) is 1.75. The molecule has 2 aliphatic rings. The molecule has 0 spiro atoms. The van der Waals surface area contributed by atoms with E-state index in [1.54, 1.807) is 0 Å². The summed E-state index contributed by atoms with van der Waals surface area (Å²) in [4.78, 5) is 10.0. The lowest BCUT2D eigenvalue weighted by molar-refractivity contribution is 0.0416. The average molecular weight is 372 g/mol. The van der Waals surface area contributed by atoms with Crippen molar-refractivity contribution in [3.05, 3.63) is 72.4 Å². The molecule has 0 unspecified atom stereocenters. The quantitative estimate of drug-likeness (QED) is 0.629. The van der Waals surface area contributed by atoms with E-state index in [4.69, 9.17) is 4.98 Å². The zero-order valence-corrected chi connectivity index (χ0v) is 16.6. The summed E-state index contributed by atoms with van der Waals surface area (Å²) in [7, 11) is 0. The van der Waals surface area contributed by atoms with Gasteiger partial charge in [0.1, 0.15) is 5.82 Å². The monoisotopic (exact) mass is 371 g/mol. The van der Waals surface area contributed by atoms with Crippen molar-refractivity contribution in [1.82, 2.24) is 9.88 Å². The summed E-state index contributed by atoms with van der Waals surface area (Å²) < 4.78 is 0. The molecule has 0 radical (unpaired) electrons. The van der Waals surface area contributed by atoms with Gasteiger partial charge in [0, 0.05) is 43.3 Å². The standard InChI is InChI=1S/C25H29N3/c1-3-10-22(11-4-1)25(14-7-2-8-15-25)28-19-17-27(18-20-28)24-23-12-6-5-9-21(23)13-16-26-24/h1,3-6,9-13,16H,2,7-8,14-15,17-20H2. The van der Waals surface area contributed by atoms with Crippen molar-refractivity contribution in [3.8, 4) is 0 Å². The predicted octanol–water partition coefficient (Wildman–Crippen LogP) is 5.22. The highest BCUT2D eigenvalue weighted by molar-refractivity contribution is 5.92. The average Bonchev–Trinajstić information content (AvgIpc) is 2.80. The van der Waals surface area contributed by atoms with Gasteiger partial charge >= 0.3 is 0 Å². The molecule has 1 saturated carbocycles. The Hall–Kier alpha value is -2.39. The number of benzene rings is 2. The van der Waals surface area contributed by atoms with Gasteiger partial charge in [-0.1, -0.05) is 73.9 Å². The fourth-order valence-corrected chi connectivity index (χ4v) is 5.37. The first kappa shape index (κ1) is 17.7. The number of rotatable bonds is 3. The van der Waals surface area contributed by atoms with Crippen LogP contribution in [0.4, 0.5) is 5.82 Å². The van der Waals surface area contributed by atoms with E-state index in [-0.39, 0.29) is 5.54 Å². The molecule has 3 aromatic rings. The summed E-state index contributed by atoms with van der Waals surface area (Å²) >= 11 is 0. The highest BCUT2D eigenvalue weighted by Gasteiger charge is 2.40. The third-order valence-corrected chi connectivity index (χ3v) is 6.83. The second-order valence-corrected chi connectivity index (χ2v) is 8.29. The van der Waals surface area contributed by atoms with Gasteiger partial charge in [-0.3, -0.25) is 4.90 Å². The molecule has 0 amide bonds. The van der Waals surface area contributed by atoms with Crippen LogP contribution in [0.15, 0.2) is 66.9 Å². The first-order valence-electron chi connectivity index (χ1n) is 10.8. The van der Waals surface area contributed by atoms with E-state index in [9.17, 15) is 0 Å². The van der Waals surface area contributed by atoms with E-state index in [0.717, 1.165) is 32.0 Å². The molecular weight excluding hydrogens is 342 g/mol. The van der Waals surface area contributed by atoms with E-state index in [2.05, 4.69) is 70.5 Å². The van der Waals surface area contributed by atoms with Crippen LogP contribution in [0.1, 0.15) is 37.7 Å². The van der Waals surface area contributed by atoms with Crippen LogP contribution in [0.25, 0.3) is 10.8 Å². The molecule has 28 heavy (non-hydrogen) atoms. The van der Waals surface area contributed by atoms with Crippen molar-refractivity contribution >= 4 is 16.6 Å². The van der Waals surface area contributed by atoms with Gasteiger partial charge in [-0.2, -0.15) is 0 Å². The lowest BCUT2D eigenvalue weighted by Gasteiger charge is -2.50.